The summed E-state index contributed by atoms with van der Waals surface area (Å²) in [4.78, 5) is 3.29. The third-order valence-corrected chi connectivity index (χ3v) is 2.60. The van der Waals surface area contributed by atoms with E-state index in [0.717, 1.165) is 24.7 Å². The van der Waals surface area contributed by atoms with Crippen LogP contribution in [0, 0.1) is 0 Å². The second kappa shape index (κ2) is 4.28. The van der Waals surface area contributed by atoms with Crippen LogP contribution in [0.3, 0.4) is 0 Å². The van der Waals surface area contributed by atoms with Crippen molar-refractivity contribution in [1.82, 2.24) is 4.98 Å². The first-order chi connectivity index (χ1) is 7.18. The van der Waals surface area contributed by atoms with Gasteiger partial charge in [-0.15, -0.1) is 0 Å². The van der Waals surface area contributed by atoms with Gasteiger partial charge in [0, 0.05) is 18.5 Å². The summed E-state index contributed by atoms with van der Waals surface area (Å²) >= 11 is 0. The van der Waals surface area contributed by atoms with E-state index >= 15 is 0 Å². The van der Waals surface area contributed by atoms with Crippen LogP contribution in [0.4, 0.5) is 13.2 Å². The molecule has 0 aliphatic carbocycles. The van der Waals surface area contributed by atoms with Crippen LogP contribution in [0.25, 0.3) is 0 Å². The Kier molecular flexibility index (Phi) is 3.41. The van der Waals surface area contributed by atoms with E-state index < -0.39 is 22.6 Å². The fourth-order valence-corrected chi connectivity index (χ4v) is 1.43. The van der Waals surface area contributed by atoms with Gasteiger partial charge in [0.05, 0.1) is 11.1 Å². The highest BCUT2D eigenvalue weighted by atomic mass is 32.2. The van der Waals surface area contributed by atoms with E-state index in [1.54, 1.807) is 0 Å². The number of pyridine rings is 1. The predicted molar refractivity (Wildman–Crippen MR) is 48.9 cm³/mol. The molecule has 0 saturated carbocycles. The average molecular weight is 255 g/mol. The molecule has 0 radical (unpaired) electrons. The third-order valence-electron chi connectivity index (χ3n) is 1.52. The van der Waals surface area contributed by atoms with Crippen LogP contribution < -0.4 is 4.74 Å². The van der Waals surface area contributed by atoms with Gasteiger partial charge in [0.15, 0.2) is 16.4 Å². The molecule has 0 unspecified atom stereocenters. The molecule has 0 aromatic carbocycles. The van der Waals surface area contributed by atoms with E-state index in [4.69, 9.17) is 0 Å². The van der Waals surface area contributed by atoms with Crippen molar-refractivity contribution in [2.75, 3.05) is 12.9 Å². The zero-order chi connectivity index (χ0) is 12.4. The Labute approximate surface area is 90.0 Å². The van der Waals surface area contributed by atoms with E-state index in [9.17, 15) is 21.6 Å². The van der Waals surface area contributed by atoms with Crippen molar-refractivity contribution in [3.8, 4) is 5.75 Å². The standard InChI is InChI=1S/C8H8F3NO3S/c1-16(13,14)7-2-6(3-12-4-7)15-5-8(9,10)11/h2-4H,5H2,1H3. The Hall–Kier alpha value is -1.31. The summed E-state index contributed by atoms with van der Waals surface area (Å²) in [7, 11) is -3.50. The molecule has 16 heavy (non-hydrogen) atoms. The minimum Gasteiger partial charge on any atom is -0.482 e. The fourth-order valence-electron chi connectivity index (χ4n) is 0.846. The van der Waals surface area contributed by atoms with Crippen LogP contribution in [0.2, 0.25) is 0 Å². The third kappa shape index (κ3) is 4.05. The number of hydrogen-bond donors (Lipinski definition) is 0. The quantitative estimate of drug-likeness (QED) is 0.819. The molecule has 1 rings (SSSR count). The smallest absolute Gasteiger partial charge is 0.422 e. The van der Waals surface area contributed by atoms with E-state index in [1.807, 2.05) is 0 Å². The van der Waals surface area contributed by atoms with Gasteiger partial charge < -0.3 is 4.74 Å². The summed E-state index contributed by atoms with van der Waals surface area (Å²) < 4.78 is 61.9. The lowest BCUT2D eigenvalue weighted by Gasteiger charge is -2.09. The number of halogens is 3. The normalized spacial score (nSPS) is 12.5. The molecule has 1 aromatic heterocycles. The molecule has 0 aliphatic heterocycles. The van der Waals surface area contributed by atoms with Crippen molar-refractivity contribution in [2.24, 2.45) is 0 Å². The molecule has 0 saturated heterocycles. The number of rotatable bonds is 3. The lowest BCUT2D eigenvalue weighted by molar-refractivity contribution is -0.153. The number of alkyl halides is 3. The highest BCUT2D eigenvalue weighted by molar-refractivity contribution is 7.90. The molecule has 0 fully saturated rings. The van der Waals surface area contributed by atoms with Crippen LogP contribution in [-0.4, -0.2) is 32.4 Å². The summed E-state index contributed by atoms with van der Waals surface area (Å²) in [6, 6.07) is 0.994. The minimum absolute atomic E-state index is 0.188. The maximum absolute atomic E-state index is 11.8. The molecular formula is C8H8F3NO3S. The zero-order valence-electron chi connectivity index (χ0n) is 8.15. The molecule has 1 heterocycles. The van der Waals surface area contributed by atoms with Crippen LogP contribution in [-0.2, 0) is 9.84 Å². The van der Waals surface area contributed by atoms with Crippen molar-refractivity contribution >= 4 is 9.84 Å². The summed E-state index contributed by atoms with van der Waals surface area (Å²) in [5, 5.41) is 0. The maximum Gasteiger partial charge on any atom is 0.422 e. The van der Waals surface area contributed by atoms with Crippen molar-refractivity contribution in [1.29, 1.82) is 0 Å². The zero-order valence-corrected chi connectivity index (χ0v) is 8.97. The Morgan fingerprint density at radius 3 is 2.50 bits per heavy atom. The topological polar surface area (TPSA) is 56.3 Å². The van der Waals surface area contributed by atoms with E-state index in [0.29, 0.717) is 0 Å². The van der Waals surface area contributed by atoms with Gasteiger partial charge >= 0.3 is 6.18 Å². The molecule has 8 heteroatoms. The lowest BCUT2D eigenvalue weighted by atomic mass is 10.4. The van der Waals surface area contributed by atoms with Gasteiger partial charge in [-0.05, 0) is 0 Å². The van der Waals surface area contributed by atoms with Gasteiger partial charge in [-0.25, -0.2) is 8.42 Å². The van der Waals surface area contributed by atoms with Gasteiger partial charge in [0.1, 0.15) is 5.75 Å². The van der Waals surface area contributed by atoms with Gasteiger partial charge in [-0.1, -0.05) is 0 Å². The highest BCUT2D eigenvalue weighted by Crippen LogP contribution is 2.19. The first-order valence-corrected chi connectivity index (χ1v) is 5.92. The van der Waals surface area contributed by atoms with Crippen molar-refractivity contribution in [3.05, 3.63) is 18.5 Å². The molecule has 4 nitrogen and oxygen atoms in total. The Morgan fingerprint density at radius 2 is 2.00 bits per heavy atom. The predicted octanol–water partition coefficient (Wildman–Crippen LogP) is 1.43. The second-order valence-corrected chi connectivity index (χ2v) is 5.05. The first kappa shape index (κ1) is 12.8. The van der Waals surface area contributed by atoms with Crippen LogP contribution in [0.15, 0.2) is 23.4 Å². The Morgan fingerprint density at radius 1 is 1.38 bits per heavy atom. The number of nitrogens with zero attached hydrogens (tertiary/aromatic N) is 1. The largest absolute Gasteiger partial charge is 0.482 e. The fraction of sp³-hybridized carbons (Fsp3) is 0.375. The number of aromatic nitrogens is 1. The minimum atomic E-state index is -4.47. The molecule has 0 bridgehead atoms. The molecule has 90 valence electrons. The van der Waals surface area contributed by atoms with Gasteiger partial charge in [-0.2, -0.15) is 13.2 Å². The van der Waals surface area contributed by atoms with Gasteiger partial charge in [0.25, 0.3) is 0 Å². The first-order valence-electron chi connectivity index (χ1n) is 4.03. The second-order valence-electron chi connectivity index (χ2n) is 3.03. The van der Waals surface area contributed by atoms with E-state index in [2.05, 4.69) is 9.72 Å². The Bertz CT molecular complexity index is 470. The SMILES string of the molecule is CS(=O)(=O)c1cncc(OCC(F)(F)F)c1. The number of ether oxygens (including phenoxy) is 1. The van der Waals surface area contributed by atoms with Gasteiger partial charge in [-0.3, -0.25) is 4.98 Å². The molecule has 0 spiro atoms. The highest BCUT2D eigenvalue weighted by Gasteiger charge is 2.28. The molecule has 0 N–H and O–H groups in total. The van der Waals surface area contributed by atoms with E-state index in [-0.39, 0.29) is 10.6 Å². The maximum atomic E-state index is 11.8. The van der Waals surface area contributed by atoms with Crippen LogP contribution in [0.1, 0.15) is 0 Å². The Balaban J connectivity index is 2.84. The summed E-state index contributed by atoms with van der Waals surface area (Å²) in [6.07, 6.45) is -1.49. The molecule has 0 atom stereocenters. The summed E-state index contributed by atoms with van der Waals surface area (Å²) in [5.74, 6) is -0.236. The van der Waals surface area contributed by atoms with Gasteiger partial charge in [0.2, 0.25) is 0 Å². The van der Waals surface area contributed by atoms with Crippen molar-refractivity contribution in [3.63, 3.8) is 0 Å². The van der Waals surface area contributed by atoms with E-state index in [1.165, 1.54) is 0 Å². The average Bonchev–Trinajstić information content (AvgIpc) is 2.13. The lowest BCUT2D eigenvalue weighted by Crippen LogP contribution is -2.19. The monoisotopic (exact) mass is 255 g/mol. The van der Waals surface area contributed by atoms with Crippen LogP contribution >= 0.6 is 0 Å². The molecule has 1 aromatic rings. The van der Waals surface area contributed by atoms with Crippen molar-refractivity contribution in [2.45, 2.75) is 11.1 Å². The number of sulfone groups is 1. The summed E-state index contributed by atoms with van der Waals surface area (Å²) in [5.41, 5.74) is 0. The molecular weight excluding hydrogens is 247 g/mol. The van der Waals surface area contributed by atoms with Crippen molar-refractivity contribution < 1.29 is 26.3 Å². The molecule has 0 aliphatic rings. The molecule has 0 amide bonds. The summed E-state index contributed by atoms with van der Waals surface area (Å²) in [6.45, 7) is -1.48. The van der Waals surface area contributed by atoms with Crippen LogP contribution in [0.5, 0.6) is 5.75 Å². The number of hydrogen-bond acceptors (Lipinski definition) is 4.